The number of nitrogens with one attached hydrogen (secondary N) is 2. The van der Waals surface area contributed by atoms with Crippen LogP contribution in [0.4, 0.5) is 4.39 Å². The van der Waals surface area contributed by atoms with Crippen LogP contribution in [0.3, 0.4) is 0 Å². The minimum Gasteiger partial charge on any atom is -0.350 e. The monoisotopic (exact) mass is 434 g/mol. The Kier molecular flexibility index (Phi) is 6.46. The second kappa shape index (κ2) is 9.04. The van der Waals surface area contributed by atoms with Crippen LogP contribution in [-0.2, 0) is 22.7 Å². The number of halogens is 2. The first-order valence-corrected chi connectivity index (χ1v) is 9.54. The molecule has 0 radical (unpaired) electrons. The topological polar surface area (TPSA) is 113 Å². The first kappa shape index (κ1) is 21.4. The minimum absolute atomic E-state index is 0.0272. The summed E-state index contributed by atoms with van der Waals surface area (Å²) in [5, 5.41) is 6.94. The number of rotatable bonds is 7. The first-order valence-electron chi connectivity index (χ1n) is 9.16. The molecule has 2 amide bonds. The SMILES string of the molecule is CC(C)N(CC(=O)NCc1cccc(Cl)c1F)C(=O)Cn1cc2c(=O)[nH]cnc2n1. The molecule has 9 nitrogen and oxygen atoms in total. The molecule has 3 aromatic rings. The van der Waals surface area contributed by atoms with E-state index in [0.717, 1.165) is 0 Å². The molecule has 0 bridgehead atoms. The molecule has 2 aromatic heterocycles. The Bertz CT molecular complexity index is 1140. The van der Waals surface area contributed by atoms with Crippen molar-refractivity contribution in [3.63, 3.8) is 0 Å². The molecule has 0 spiro atoms. The molecule has 0 unspecified atom stereocenters. The number of hydrogen-bond donors (Lipinski definition) is 2. The summed E-state index contributed by atoms with van der Waals surface area (Å²) in [5.41, 5.74) is 0.121. The van der Waals surface area contributed by atoms with Crippen molar-refractivity contribution >= 4 is 34.4 Å². The van der Waals surface area contributed by atoms with Gasteiger partial charge in [0.05, 0.1) is 17.9 Å². The standard InChI is InChI=1S/C19H20ClFN6O3/c1-11(2)27(8-15(28)22-6-12-4-3-5-14(20)17(12)21)16(29)9-26-7-13-18(25-26)23-10-24-19(13)30/h3-5,7,10-11H,6,8-9H2,1-2H3,(H,22,28)(H,23,24,25,30). The summed E-state index contributed by atoms with van der Waals surface area (Å²) >= 11 is 5.74. The van der Waals surface area contributed by atoms with Crippen LogP contribution >= 0.6 is 11.6 Å². The summed E-state index contributed by atoms with van der Waals surface area (Å²) in [6.45, 7) is 3.12. The third-order valence-corrected chi connectivity index (χ3v) is 4.72. The number of carbonyl (C=O) groups excluding carboxylic acids is 2. The van der Waals surface area contributed by atoms with Crippen molar-refractivity contribution in [3.05, 3.63) is 57.5 Å². The highest BCUT2D eigenvalue weighted by Gasteiger charge is 2.21. The molecule has 158 valence electrons. The lowest BCUT2D eigenvalue weighted by Crippen LogP contribution is -2.45. The molecule has 0 aliphatic carbocycles. The maximum atomic E-state index is 13.9. The lowest BCUT2D eigenvalue weighted by atomic mass is 10.2. The molecule has 1 aromatic carbocycles. The number of aromatic amines is 1. The van der Waals surface area contributed by atoms with Gasteiger partial charge in [-0.2, -0.15) is 5.10 Å². The van der Waals surface area contributed by atoms with E-state index in [0.29, 0.717) is 0 Å². The fourth-order valence-electron chi connectivity index (χ4n) is 2.86. The molecule has 30 heavy (non-hydrogen) atoms. The first-order chi connectivity index (χ1) is 14.3. The second-order valence-corrected chi connectivity index (χ2v) is 7.31. The Hall–Kier alpha value is -3.27. The van der Waals surface area contributed by atoms with Gasteiger partial charge < -0.3 is 15.2 Å². The summed E-state index contributed by atoms with van der Waals surface area (Å²) < 4.78 is 15.3. The number of amides is 2. The van der Waals surface area contributed by atoms with E-state index in [1.54, 1.807) is 19.9 Å². The zero-order chi connectivity index (χ0) is 21.8. The highest BCUT2D eigenvalue weighted by molar-refractivity contribution is 6.30. The average molecular weight is 435 g/mol. The summed E-state index contributed by atoms with van der Waals surface area (Å²) in [5.74, 6) is -1.40. The van der Waals surface area contributed by atoms with E-state index in [1.165, 1.54) is 34.2 Å². The van der Waals surface area contributed by atoms with Gasteiger partial charge in [0.1, 0.15) is 17.7 Å². The van der Waals surface area contributed by atoms with Gasteiger partial charge in [0, 0.05) is 24.3 Å². The smallest absolute Gasteiger partial charge is 0.261 e. The van der Waals surface area contributed by atoms with E-state index < -0.39 is 11.7 Å². The van der Waals surface area contributed by atoms with E-state index in [4.69, 9.17) is 11.6 Å². The van der Waals surface area contributed by atoms with Crippen molar-refractivity contribution in [3.8, 4) is 0 Å². The van der Waals surface area contributed by atoms with Gasteiger partial charge in [-0.3, -0.25) is 19.1 Å². The maximum absolute atomic E-state index is 13.9. The van der Waals surface area contributed by atoms with Crippen molar-refractivity contribution in [1.82, 2.24) is 30.0 Å². The van der Waals surface area contributed by atoms with E-state index in [2.05, 4.69) is 20.4 Å². The predicted molar refractivity (Wildman–Crippen MR) is 108 cm³/mol. The Balaban J connectivity index is 1.64. The quantitative estimate of drug-likeness (QED) is 0.584. The van der Waals surface area contributed by atoms with Gasteiger partial charge in [0.25, 0.3) is 5.56 Å². The Morgan fingerprint density at radius 1 is 1.37 bits per heavy atom. The molecule has 2 N–H and O–H groups in total. The number of H-pyrrole nitrogens is 1. The third-order valence-electron chi connectivity index (χ3n) is 4.43. The highest BCUT2D eigenvalue weighted by atomic mass is 35.5. The van der Waals surface area contributed by atoms with Crippen LogP contribution in [0.25, 0.3) is 11.0 Å². The number of aromatic nitrogens is 4. The molecule has 3 rings (SSSR count). The molecular weight excluding hydrogens is 415 g/mol. The predicted octanol–water partition coefficient (Wildman–Crippen LogP) is 1.47. The van der Waals surface area contributed by atoms with Crippen molar-refractivity contribution in [2.24, 2.45) is 0 Å². The van der Waals surface area contributed by atoms with Gasteiger partial charge >= 0.3 is 0 Å². The molecule has 0 fully saturated rings. The number of nitrogens with zero attached hydrogens (tertiary/aromatic N) is 4. The lowest BCUT2D eigenvalue weighted by molar-refractivity contribution is -0.138. The Labute approximate surface area is 175 Å². The van der Waals surface area contributed by atoms with Crippen LogP contribution in [0.5, 0.6) is 0 Å². The van der Waals surface area contributed by atoms with Crippen LogP contribution < -0.4 is 10.9 Å². The van der Waals surface area contributed by atoms with E-state index >= 15 is 0 Å². The summed E-state index contributed by atoms with van der Waals surface area (Å²) in [7, 11) is 0. The molecular formula is C19H20ClFN6O3. The summed E-state index contributed by atoms with van der Waals surface area (Å²) in [6.07, 6.45) is 2.66. The van der Waals surface area contributed by atoms with Crippen LogP contribution in [0.15, 0.2) is 35.5 Å². The van der Waals surface area contributed by atoms with Crippen molar-refractivity contribution in [1.29, 1.82) is 0 Å². The largest absolute Gasteiger partial charge is 0.350 e. The van der Waals surface area contributed by atoms with Gasteiger partial charge in [0.15, 0.2) is 5.65 Å². The van der Waals surface area contributed by atoms with E-state index in [9.17, 15) is 18.8 Å². The van der Waals surface area contributed by atoms with E-state index in [1.807, 2.05) is 0 Å². The van der Waals surface area contributed by atoms with Gasteiger partial charge in [-0.15, -0.1) is 0 Å². The minimum atomic E-state index is -0.592. The van der Waals surface area contributed by atoms with Crippen LogP contribution in [0.1, 0.15) is 19.4 Å². The fourth-order valence-corrected chi connectivity index (χ4v) is 3.05. The highest BCUT2D eigenvalue weighted by Crippen LogP contribution is 2.17. The lowest BCUT2D eigenvalue weighted by Gasteiger charge is -2.26. The van der Waals surface area contributed by atoms with Gasteiger partial charge in [-0.25, -0.2) is 9.37 Å². The van der Waals surface area contributed by atoms with Crippen LogP contribution in [-0.4, -0.2) is 49.0 Å². The van der Waals surface area contributed by atoms with Crippen molar-refractivity contribution in [2.75, 3.05) is 6.54 Å². The molecule has 2 heterocycles. The molecule has 0 saturated carbocycles. The number of hydrogen-bond acceptors (Lipinski definition) is 5. The summed E-state index contributed by atoms with van der Waals surface area (Å²) in [4.78, 5) is 44.6. The van der Waals surface area contributed by atoms with E-state index in [-0.39, 0.29) is 58.8 Å². The summed E-state index contributed by atoms with van der Waals surface area (Å²) in [6, 6.07) is 4.26. The van der Waals surface area contributed by atoms with Gasteiger partial charge in [-0.05, 0) is 19.9 Å². The molecule has 0 aliphatic rings. The number of carbonyl (C=O) groups is 2. The van der Waals surface area contributed by atoms with Crippen LogP contribution in [0.2, 0.25) is 5.02 Å². The van der Waals surface area contributed by atoms with Crippen LogP contribution in [0, 0.1) is 5.82 Å². The third kappa shape index (κ3) is 4.82. The molecule has 11 heteroatoms. The maximum Gasteiger partial charge on any atom is 0.261 e. The Morgan fingerprint density at radius 2 is 2.13 bits per heavy atom. The molecule has 0 atom stereocenters. The average Bonchev–Trinajstić information content (AvgIpc) is 3.10. The fraction of sp³-hybridized carbons (Fsp3) is 0.316. The number of fused-ring (bicyclic) bond motifs is 1. The normalized spacial score (nSPS) is 11.1. The molecule has 0 saturated heterocycles. The Morgan fingerprint density at radius 3 is 2.83 bits per heavy atom. The second-order valence-electron chi connectivity index (χ2n) is 6.90. The zero-order valence-corrected chi connectivity index (χ0v) is 17.1. The zero-order valence-electron chi connectivity index (χ0n) is 16.4. The van der Waals surface area contributed by atoms with Crippen molar-refractivity contribution < 1.29 is 14.0 Å². The number of benzene rings is 1. The van der Waals surface area contributed by atoms with Gasteiger partial charge in [0.2, 0.25) is 11.8 Å². The van der Waals surface area contributed by atoms with Crippen molar-refractivity contribution in [2.45, 2.75) is 33.0 Å². The van der Waals surface area contributed by atoms with Gasteiger partial charge in [-0.1, -0.05) is 23.7 Å². The molecule has 0 aliphatic heterocycles.